The van der Waals surface area contributed by atoms with Crippen molar-refractivity contribution in [2.75, 3.05) is 19.8 Å². The lowest BCUT2D eigenvalue weighted by molar-refractivity contribution is -0.121. The molecule has 156 valence electrons. The Bertz CT molecular complexity index is 1050. The molecule has 0 fully saturated rings. The Morgan fingerprint density at radius 3 is 2.47 bits per heavy atom. The molecule has 0 bridgehead atoms. The summed E-state index contributed by atoms with van der Waals surface area (Å²) in [4.78, 5) is 28.4. The lowest BCUT2D eigenvalue weighted by Gasteiger charge is -2.10. The minimum absolute atomic E-state index is 0.188. The van der Waals surface area contributed by atoms with Gasteiger partial charge in [-0.2, -0.15) is 0 Å². The number of nitrogens with one attached hydrogen (secondary N) is 1. The van der Waals surface area contributed by atoms with Crippen molar-refractivity contribution in [3.8, 4) is 22.8 Å². The van der Waals surface area contributed by atoms with Gasteiger partial charge in [0.25, 0.3) is 5.56 Å². The van der Waals surface area contributed by atoms with E-state index in [-0.39, 0.29) is 36.9 Å². The Hall–Kier alpha value is -3.68. The van der Waals surface area contributed by atoms with Crippen LogP contribution in [0.4, 0.5) is 4.39 Å². The minimum atomic E-state index is -0.465. The largest absolute Gasteiger partial charge is 0.494 e. The van der Waals surface area contributed by atoms with Gasteiger partial charge in [-0.3, -0.25) is 14.2 Å². The smallest absolute Gasteiger partial charge is 0.254 e. The molecule has 30 heavy (non-hydrogen) atoms. The number of hydrogen-bond donors (Lipinski definition) is 1. The summed E-state index contributed by atoms with van der Waals surface area (Å²) < 4.78 is 25.9. The molecule has 8 heteroatoms. The van der Waals surface area contributed by atoms with Crippen LogP contribution in [0.15, 0.2) is 65.7 Å². The molecule has 0 saturated carbocycles. The molecule has 0 atom stereocenters. The van der Waals surface area contributed by atoms with E-state index in [0.717, 1.165) is 10.3 Å². The number of ether oxygens (including phenoxy) is 2. The van der Waals surface area contributed by atoms with Gasteiger partial charge in [0.15, 0.2) is 0 Å². The molecule has 0 radical (unpaired) electrons. The van der Waals surface area contributed by atoms with Crippen molar-refractivity contribution < 1.29 is 18.7 Å². The molecule has 1 heterocycles. The first-order chi connectivity index (χ1) is 14.6. The fraction of sp³-hybridized carbons (Fsp3) is 0.227. The Kier molecular flexibility index (Phi) is 7.15. The van der Waals surface area contributed by atoms with Crippen LogP contribution in [0.5, 0.6) is 11.5 Å². The van der Waals surface area contributed by atoms with Crippen LogP contribution in [-0.2, 0) is 11.3 Å². The topological polar surface area (TPSA) is 82.4 Å². The lowest BCUT2D eigenvalue weighted by atomic mass is 10.1. The van der Waals surface area contributed by atoms with Crippen LogP contribution in [0.2, 0.25) is 0 Å². The van der Waals surface area contributed by atoms with E-state index in [0.29, 0.717) is 12.4 Å². The van der Waals surface area contributed by atoms with Crippen molar-refractivity contribution in [1.29, 1.82) is 0 Å². The van der Waals surface area contributed by atoms with Crippen molar-refractivity contribution >= 4 is 5.91 Å². The predicted octanol–water partition coefficient (Wildman–Crippen LogP) is 2.64. The van der Waals surface area contributed by atoms with Crippen LogP contribution in [0.25, 0.3) is 11.3 Å². The van der Waals surface area contributed by atoms with Crippen molar-refractivity contribution in [2.24, 2.45) is 0 Å². The van der Waals surface area contributed by atoms with Crippen LogP contribution >= 0.6 is 0 Å². The quantitative estimate of drug-likeness (QED) is 0.548. The highest BCUT2D eigenvalue weighted by Crippen LogP contribution is 2.18. The highest BCUT2D eigenvalue weighted by molar-refractivity contribution is 5.75. The van der Waals surface area contributed by atoms with E-state index in [1.807, 2.05) is 19.1 Å². The Morgan fingerprint density at radius 2 is 1.80 bits per heavy atom. The van der Waals surface area contributed by atoms with E-state index < -0.39 is 11.4 Å². The van der Waals surface area contributed by atoms with E-state index in [1.54, 1.807) is 30.3 Å². The van der Waals surface area contributed by atoms with Crippen LogP contribution in [0.3, 0.4) is 0 Å². The summed E-state index contributed by atoms with van der Waals surface area (Å²) in [7, 11) is 0. The third kappa shape index (κ3) is 5.66. The highest BCUT2D eigenvalue weighted by Gasteiger charge is 2.09. The second kappa shape index (κ2) is 10.2. The number of halogens is 1. The summed E-state index contributed by atoms with van der Waals surface area (Å²) in [5, 5.41) is 2.68. The first-order valence-electron chi connectivity index (χ1n) is 9.50. The summed E-state index contributed by atoms with van der Waals surface area (Å²) in [6.45, 7) is 2.87. The number of benzene rings is 2. The molecule has 0 unspecified atom stereocenters. The first-order valence-corrected chi connectivity index (χ1v) is 9.50. The molecule has 1 amide bonds. The maximum Gasteiger partial charge on any atom is 0.254 e. The number of carbonyl (C=O) groups excluding carboxylic acids is 1. The summed E-state index contributed by atoms with van der Waals surface area (Å²) in [5.41, 5.74) is 0.0141. The third-order valence-electron chi connectivity index (χ3n) is 4.17. The van der Waals surface area contributed by atoms with Crippen molar-refractivity contribution in [2.45, 2.75) is 13.5 Å². The van der Waals surface area contributed by atoms with Gasteiger partial charge < -0.3 is 14.8 Å². The van der Waals surface area contributed by atoms with Gasteiger partial charge in [0.2, 0.25) is 5.91 Å². The Labute approximate surface area is 173 Å². The molecule has 7 nitrogen and oxygen atoms in total. The van der Waals surface area contributed by atoms with E-state index >= 15 is 0 Å². The number of hydrogen-bond acceptors (Lipinski definition) is 5. The van der Waals surface area contributed by atoms with Crippen molar-refractivity contribution in [1.82, 2.24) is 14.9 Å². The summed E-state index contributed by atoms with van der Waals surface area (Å²) in [6, 6.07) is 14.5. The summed E-state index contributed by atoms with van der Waals surface area (Å²) in [6.07, 6.45) is 1.24. The zero-order valence-electron chi connectivity index (χ0n) is 16.5. The molecule has 0 aliphatic carbocycles. The number of aromatic nitrogens is 2. The van der Waals surface area contributed by atoms with E-state index in [1.165, 1.54) is 18.5 Å². The van der Waals surface area contributed by atoms with E-state index in [9.17, 15) is 14.0 Å². The Balaban J connectivity index is 1.48. The van der Waals surface area contributed by atoms with Gasteiger partial charge in [-0.05, 0) is 43.3 Å². The molecule has 0 aliphatic rings. The summed E-state index contributed by atoms with van der Waals surface area (Å²) >= 11 is 0. The second-order valence-corrected chi connectivity index (χ2v) is 6.32. The molecule has 1 N–H and O–H groups in total. The number of nitrogens with zero attached hydrogens (tertiary/aromatic N) is 2. The SMILES string of the molecule is CCOc1ccc(OCCNC(=O)Cn2cnc(-c3ccccc3F)cc2=O)cc1. The van der Waals surface area contributed by atoms with Crippen molar-refractivity contribution in [3.63, 3.8) is 0 Å². The van der Waals surface area contributed by atoms with Crippen LogP contribution in [-0.4, -0.2) is 35.2 Å². The van der Waals surface area contributed by atoms with E-state index in [2.05, 4.69) is 10.3 Å². The van der Waals surface area contributed by atoms with Crippen molar-refractivity contribution in [3.05, 3.63) is 77.1 Å². The van der Waals surface area contributed by atoms with Gasteiger partial charge >= 0.3 is 0 Å². The third-order valence-corrected chi connectivity index (χ3v) is 4.17. The lowest BCUT2D eigenvalue weighted by Crippen LogP contribution is -2.34. The van der Waals surface area contributed by atoms with Gasteiger partial charge in [-0.15, -0.1) is 0 Å². The first kappa shape index (κ1) is 21.0. The zero-order chi connectivity index (χ0) is 21.3. The average Bonchev–Trinajstić information content (AvgIpc) is 2.74. The van der Waals surface area contributed by atoms with Gasteiger partial charge in [0.05, 0.1) is 25.2 Å². The van der Waals surface area contributed by atoms with Crippen LogP contribution < -0.4 is 20.3 Å². The van der Waals surface area contributed by atoms with Gasteiger partial charge in [-0.1, -0.05) is 12.1 Å². The predicted molar refractivity (Wildman–Crippen MR) is 110 cm³/mol. The molecular formula is C22H22FN3O4. The molecular weight excluding hydrogens is 389 g/mol. The molecule has 3 rings (SSSR count). The molecule has 0 aliphatic heterocycles. The van der Waals surface area contributed by atoms with Gasteiger partial charge in [0, 0.05) is 11.6 Å². The van der Waals surface area contributed by atoms with Crippen LogP contribution in [0.1, 0.15) is 6.92 Å². The molecule has 1 aromatic heterocycles. The fourth-order valence-electron chi connectivity index (χ4n) is 2.73. The number of amides is 1. The maximum absolute atomic E-state index is 13.8. The molecule has 2 aromatic carbocycles. The maximum atomic E-state index is 13.8. The monoisotopic (exact) mass is 411 g/mol. The average molecular weight is 411 g/mol. The fourth-order valence-corrected chi connectivity index (χ4v) is 2.73. The molecule has 0 spiro atoms. The van der Waals surface area contributed by atoms with E-state index in [4.69, 9.17) is 9.47 Å². The summed E-state index contributed by atoms with van der Waals surface area (Å²) in [5.74, 6) is 0.607. The standard InChI is InChI=1S/C22H22FN3O4/c1-2-29-16-7-9-17(10-8-16)30-12-11-24-21(27)14-26-15-25-20(13-22(26)28)18-5-3-4-6-19(18)23/h3-10,13,15H,2,11-12,14H2,1H3,(H,24,27). The molecule has 0 saturated heterocycles. The molecule has 3 aromatic rings. The van der Waals surface area contributed by atoms with Crippen LogP contribution in [0, 0.1) is 5.82 Å². The Morgan fingerprint density at radius 1 is 1.10 bits per heavy atom. The minimum Gasteiger partial charge on any atom is -0.494 e. The van der Waals surface area contributed by atoms with Gasteiger partial charge in [0.1, 0.15) is 30.5 Å². The normalized spacial score (nSPS) is 10.5. The zero-order valence-corrected chi connectivity index (χ0v) is 16.5. The highest BCUT2D eigenvalue weighted by atomic mass is 19.1. The number of rotatable bonds is 9. The van der Waals surface area contributed by atoms with Gasteiger partial charge in [-0.25, -0.2) is 9.37 Å². The second-order valence-electron chi connectivity index (χ2n) is 6.32. The number of carbonyl (C=O) groups is 1.